The molecule has 2 aromatic rings. The zero-order chi connectivity index (χ0) is 26.0. The second-order valence-electron chi connectivity index (χ2n) is 9.96. The van der Waals surface area contributed by atoms with Crippen molar-refractivity contribution in [3.05, 3.63) is 63.7 Å². The van der Waals surface area contributed by atoms with E-state index >= 15 is 0 Å². The van der Waals surface area contributed by atoms with Crippen LogP contribution in [0.5, 0.6) is 0 Å². The molecule has 0 saturated carbocycles. The van der Waals surface area contributed by atoms with Gasteiger partial charge < -0.3 is 25.6 Å². The summed E-state index contributed by atoms with van der Waals surface area (Å²) in [4.78, 5) is 41.4. The Morgan fingerprint density at radius 3 is 2.44 bits per heavy atom. The molecule has 1 fully saturated rings. The van der Waals surface area contributed by atoms with Gasteiger partial charge >= 0.3 is 12.1 Å². The summed E-state index contributed by atoms with van der Waals surface area (Å²) >= 11 is 0. The average molecular weight is 493 g/mol. The maximum atomic E-state index is 12.9. The van der Waals surface area contributed by atoms with Crippen molar-refractivity contribution in [2.45, 2.75) is 65.5 Å². The van der Waals surface area contributed by atoms with Gasteiger partial charge in [-0.1, -0.05) is 24.3 Å². The van der Waals surface area contributed by atoms with E-state index in [1.165, 1.54) is 11.1 Å². The van der Waals surface area contributed by atoms with Crippen LogP contribution in [0, 0.1) is 27.7 Å². The Balaban J connectivity index is 1.35. The molecule has 0 radical (unpaired) electrons. The van der Waals surface area contributed by atoms with Crippen LogP contribution in [-0.4, -0.2) is 59.6 Å². The Kier molecular flexibility index (Phi) is 7.52. The summed E-state index contributed by atoms with van der Waals surface area (Å²) in [6.07, 6.45) is 0.758. The first kappa shape index (κ1) is 25.5. The van der Waals surface area contributed by atoms with E-state index in [2.05, 4.69) is 19.2 Å². The maximum absolute atomic E-state index is 12.9. The number of carbonyl (C=O) groups is 3. The van der Waals surface area contributed by atoms with Crippen molar-refractivity contribution in [3.63, 3.8) is 0 Å². The second kappa shape index (κ2) is 10.6. The molecule has 2 heterocycles. The van der Waals surface area contributed by atoms with Crippen molar-refractivity contribution < 1.29 is 19.1 Å². The third-order valence-electron chi connectivity index (χ3n) is 7.86. The molecule has 36 heavy (non-hydrogen) atoms. The summed E-state index contributed by atoms with van der Waals surface area (Å²) in [7, 11) is 0. The van der Waals surface area contributed by atoms with Crippen molar-refractivity contribution in [2.75, 3.05) is 25.0 Å². The number of urea groups is 1. The predicted molar refractivity (Wildman–Crippen MR) is 139 cm³/mol. The smallest absolute Gasteiger partial charge is 0.410 e. The number of anilines is 1. The normalized spacial score (nSPS) is 17.2. The largest absolute Gasteiger partial charge is 0.436 e. The summed E-state index contributed by atoms with van der Waals surface area (Å²) in [6, 6.07) is 9.83. The number of hydrogen-bond donors (Lipinski definition) is 2. The van der Waals surface area contributed by atoms with Crippen LogP contribution in [0.2, 0.25) is 0 Å². The topological polar surface area (TPSA) is 105 Å². The van der Waals surface area contributed by atoms with Crippen LogP contribution in [0.3, 0.4) is 0 Å². The molecule has 1 saturated heterocycles. The number of fused-ring (bicyclic) bond motifs is 1. The minimum Gasteiger partial charge on any atom is -0.436 e. The van der Waals surface area contributed by atoms with Gasteiger partial charge in [-0.15, -0.1) is 0 Å². The summed E-state index contributed by atoms with van der Waals surface area (Å²) in [5.41, 5.74) is 13.2. The number of likely N-dealkylation sites (tertiary alicyclic amines) is 1. The van der Waals surface area contributed by atoms with Gasteiger partial charge in [0.1, 0.15) is 0 Å². The van der Waals surface area contributed by atoms with E-state index in [1.54, 1.807) is 4.90 Å². The standard InChI is InChI=1S/C28H36N4O4/c1-17-15-22(20(4)19(3)18(17)2)16-25(26(29)33)36-28(35)31-12-10-23(11-13-31)32-14-9-21-7-5-6-8-24(21)30-27(32)34/h5-8,15,23,25H,9-14,16H2,1-4H3,(H2,29,33)(H,30,34)/t25-/m1/s1. The molecule has 2 aromatic carbocycles. The minimum absolute atomic E-state index is 0.0384. The Hall–Kier alpha value is -3.55. The highest BCUT2D eigenvalue weighted by Crippen LogP contribution is 2.26. The van der Waals surface area contributed by atoms with E-state index in [9.17, 15) is 14.4 Å². The van der Waals surface area contributed by atoms with E-state index in [1.807, 2.05) is 49.1 Å². The van der Waals surface area contributed by atoms with Crippen LogP contribution in [-0.2, 0) is 22.4 Å². The molecule has 2 aliphatic heterocycles. The van der Waals surface area contributed by atoms with Crippen molar-refractivity contribution in [3.8, 4) is 0 Å². The monoisotopic (exact) mass is 492 g/mol. The molecule has 4 amide bonds. The van der Waals surface area contributed by atoms with Crippen molar-refractivity contribution in [2.24, 2.45) is 5.73 Å². The van der Waals surface area contributed by atoms with E-state index in [0.29, 0.717) is 32.5 Å². The molecule has 192 valence electrons. The number of benzene rings is 2. The summed E-state index contributed by atoms with van der Waals surface area (Å²) in [5.74, 6) is -0.658. The number of aryl methyl sites for hydroxylation is 1. The summed E-state index contributed by atoms with van der Waals surface area (Å²) < 4.78 is 5.60. The highest BCUT2D eigenvalue weighted by Gasteiger charge is 2.33. The van der Waals surface area contributed by atoms with E-state index in [-0.39, 0.29) is 18.5 Å². The molecule has 1 atom stereocenters. The third-order valence-corrected chi connectivity index (χ3v) is 7.86. The van der Waals surface area contributed by atoms with Gasteiger partial charge in [-0.25, -0.2) is 9.59 Å². The molecule has 0 unspecified atom stereocenters. The molecule has 2 aliphatic rings. The number of nitrogens with two attached hydrogens (primary N) is 1. The third kappa shape index (κ3) is 5.32. The minimum atomic E-state index is -1.04. The lowest BCUT2D eigenvalue weighted by Gasteiger charge is -2.37. The molecular weight excluding hydrogens is 456 g/mol. The van der Waals surface area contributed by atoms with Crippen LogP contribution >= 0.6 is 0 Å². The molecule has 8 heteroatoms. The van der Waals surface area contributed by atoms with Gasteiger partial charge in [0.2, 0.25) is 0 Å². The fourth-order valence-electron chi connectivity index (χ4n) is 5.20. The molecule has 0 spiro atoms. The van der Waals surface area contributed by atoms with E-state index in [4.69, 9.17) is 10.5 Å². The average Bonchev–Trinajstić information content (AvgIpc) is 3.03. The van der Waals surface area contributed by atoms with Gasteiger partial charge in [-0.2, -0.15) is 0 Å². The number of piperidine rings is 1. The first-order valence-corrected chi connectivity index (χ1v) is 12.6. The zero-order valence-electron chi connectivity index (χ0n) is 21.6. The van der Waals surface area contributed by atoms with Gasteiger partial charge in [0.15, 0.2) is 6.10 Å². The molecule has 0 bridgehead atoms. The van der Waals surface area contributed by atoms with Gasteiger partial charge in [0.05, 0.1) is 0 Å². The lowest BCUT2D eigenvalue weighted by atomic mass is 9.92. The molecule has 3 N–H and O–H groups in total. The Labute approximate surface area is 212 Å². The molecular formula is C28H36N4O4. The number of nitrogens with one attached hydrogen (secondary N) is 1. The number of ether oxygens (including phenoxy) is 1. The Bertz CT molecular complexity index is 1170. The van der Waals surface area contributed by atoms with Crippen LogP contribution in [0.1, 0.15) is 46.2 Å². The summed E-state index contributed by atoms with van der Waals surface area (Å²) in [5, 5.41) is 3.01. The fraction of sp³-hybridized carbons (Fsp3) is 0.464. The van der Waals surface area contributed by atoms with E-state index < -0.39 is 18.1 Å². The van der Waals surface area contributed by atoms with Gasteiger partial charge in [-0.3, -0.25) is 4.79 Å². The lowest BCUT2D eigenvalue weighted by Crippen LogP contribution is -2.51. The van der Waals surface area contributed by atoms with Crippen molar-refractivity contribution in [1.82, 2.24) is 9.80 Å². The number of amides is 4. The first-order valence-electron chi connectivity index (χ1n) is 12.6. The quantitative estimate of drug-likeness (QED) is 0.658. The number of carbonyl (C=O) groups excluding carboxylic acids is 3. The zero-order valence-corrected chi connectivity index (χ0v) is 21.6. The molecule has 0 aromatic heterocycles. The van der Waals surface area contributed by atoms with Crippen molar-refractivity contribution in [1.29, 1.82) is 0 Å². The lowest BCUT2D eigenvalue weighted by molar-refractivity contribution is -0.126. The number of primary amides is 1. The van der Waals surface area contributed by atoms with Crippen molar-refractivity contribution >= 4 is 23.7 Å². The highest BCUT2D eigenvalue weighted by molar-refractivity contribution is 5.91. The predicted octanol–water partition coefficient (Wildman–Crippen LogP) is 4.01. The molecule has 4 rings (SSSR count). The highest BCUT2D eigenvalue weighted by atomic mass is 16.6. The number of para-hydroxylation sites is 1. The fourth-order valence-corrected chi connectivity index (χ4v) is 5.20. The maximum Gasteiger partial charge on any atom is 0.410 e. The van der Waals surface area contributed by atoms with Gasteiger partial charge in [-0.05, 0) is 86.4 Å². The SMILES string of the molecule is Cc1cc(C[C@@H](OC(=O)N2CCC(N3CCc4ccccc4NC3=O)CC2)C(N)=O)c(C)c(C)c1C. The summed E-state index contributed by atoms with van der Waals surface area (Å²) in [6.45, 7) is 9.71. The Morgan fingerprint density at radius 1 is 1.06 bits per heavy atom. The number of rotatable bonds is 5. The van der Waals surface area contributed by atoms with Gasteiger partial charge in [0, 0.05) is 37.8 Å². The number of hydrogen-bond acceptors (Lipinski definition) is 4. The van der Waals surface area contributed by atoms with Gasteiger partial charge in [0.25, 0.3) is 5.91 Å². The molecule has 0 aliphatic carbocycles. The number of nitrogens with zero attached hydrogens (tertiary/aromatic N) is 2. The van der Waals surface area contributed by atoms with Crippen LogP contribution in [0.4, 0.5) is 15.3 Å². The second-order valence-corrected chi connectivity index (χ2v) is 9.96. The molecule has 8 nitrogen and oxygen atoms in total. The first-order chi connectivity index (χ1) is 17.2. The van der Waals surface area contributed by atoms with Crippen LogP contribution in [0.15, 0.2) is 30.3 Å². The van der Waals surface area contributed by atoms with Crippen LogP contribution < -0.4 is 11.1 Å². The van der Waals surface area contributed by atoms with E-state index in [0.717, 1.165) is 34.4 Å². The van der Waals surface area contributed by atoms with Crippen LogP contribution in [0.25, 0.3) is 0 Å². The Morgan fingerprint density at radius 2 is 1.75 bits per heavy atom.